The van der Waals surface area contributed by atoms with Gasteiger partial charge in [-0.15, -0.1) is 0 Å². The Morgan fingerprint density at radius 3 is 2.32 bits per heavy atom. The average molecular weight is 273 g/mol. The number of aliphatic carboxylic acids is 1. The summed E-state index contributed by atoms with van der Waals surface area (Å²) in [5.41, 5.74) is 4.54. The quantitative estimate of drug-likeness (QED) is 0.516. The Hall–Kier alpha value is -1.79. The third-order valence-electron chi connectivity index (χ3n) is 2.61. The van der Waals surface area contributed by atoms with E-state index in [2.05, 4.69) is 10.6 Å². The van der Waals surface area contributed by atoms with Gasteiger partial charge < -0.3 is 21.5 Å². The van der Waals surface area contributed by atoms with Gasteiger partial charge in [-0.3, -0.25) is 4.79 Å². The van der Waals surface area contributed by atoms with Gasteiger partial charge in [-0.25, -0.2) is 9.59 Å². The highest BCUT2D eigenvalue weighted by Crippen LogP contribution is 2.10. The maximum absolute atomic E-state index is 11.7. The molecule has 0 rings (SSSR count). The van der Waals surface area contributed by atoms with Crippen LogP contribution in [0.2, 0.25) is 0 Å². The molecule has 0 aliphatic carbocycles. The summed E-state index contributed by atoms with van der Waals surface area (Å²) >= 11 is 0. The first-order valence-electron chi connectivity index (χ1n) is 6.27. The van der Waals surface area contributed by atoms with E-state index in [0.29, 0.717) is 0 Å². The number of nitrogens with one attached hydrogen (secondary N) is 2. The van der Waals surface area contributed by atoms with Gasteiger partial charge in [0.2, 0.25) is 5.91 Å². The highest BCUT2D eigenvalue weighted by atomic mass is 16.4. The number of hydrogen-bond acceptors (Lipinski definition) is 3. The van der Waals surface area contributed by atoms with E-state index in [1.165, 1.54) is 0 Å². The summed E-state index contributed by atoms with van der Waals surface area (Å²) < 4.78 is 0. The van der Waals surface area contributed by atoms with Crippen LogP contribution in [0.3, 0.4) is 0 Å². The third-order valence-corrected chi connectivity index (χ3v) is 2.61. The molecule has 7 heteroatoms. The van der Waals surface area contributed by atoms with Crippen molar-refractivity contribution in [3.05, 3.63) is 0 Å². The lowest BCUT2D eigenvalue weighted by molar-refractivity contribution is -0.139. The number of nitrogens with two attached hydrogens (primary N) is 1. The number of carboxylic acid groups (broad SMARTS) is 1. The molecule has 0 aromatic carbocycles. The number of primary amides is 1. The van der Waals surface area contributed by atoms with Gasteiger partial charge in [0, 0.05) is 12.0 Å². The molecule has 3 amide bonds. The van der Waals surface area contributed by atoms with Crippen molar-refractivity contribution in [1.82, 2.24) is 10.6 Å². The molecular weight excluding hydrogens is 250 g/mol. The van der Waals surface area contributed by atoms with Crippen molar-refractivity contribution >= 4 is 17.9 Å². The molecule has 7 nitrogen and oxygen atoms in total. The monoisotopic (exact) mass is 273 g/mol. The van der Waals surface area contributed by atoms with Crippen LogP contribution in [0.1, 0.15) is 46.5 Å². The largest absolute Gasteiger partial charge is 0.480 e. The molecule has 0 saturated carbocycles. The molecular formula is C12H23N3O4. The molecule has 1 atom stereocenters. The second kappa shape index (κ2) is 7.60. The number of rotatable bonds is 8. The van der Waals surface area contributed by atoms with Crippen LogP contribution >= 0.6 is 0 Å². The molecule has 0 bridgehead atoms. The Morgan fingerprint density at radius 2 is 1.89 bits per heavy atom. The maximum atomic E-state index is 11.7. The van der Waals surface area contributed by atoms with Crippen LogP contribution < -0.4 is 16.4 Å². The molecule has 0 spiro atoms. The van der Waals surface area contributed by atoms with E-state index in [0.717, 1.165) is 12.8 Å². The topological polar surface area (TPSA) is 122 Å². The van der Waals surface area contributed by atoms with Crippen molar-refractivity contribution in [2.24, 2.45) is 5.73 Å². The van der Waals surface area contributed by atoms with E-state index < -0.39 is 29.5 Å². The molecule has 19 heavy (non-hydrogen) atoms. The number of urea groups is 1. The van der Waals surface area contributed by atoms with E-state index in [4.69, 9.17) is 10.8 Å². The summed E-state index contributed by atoms with van der Waals surface area (Å²) in [6.07, 6.45) is 1.57. The van der Waals surface area contributed by atoms with Crippen LogP contribution in [0.4, 0.5) is 4.79 Å². The van der Waals surface area contributed by atoms with Crippen LogP contribution in [0, 0.1) is 0 Å². The van der Waals surface area contributed by atoms with Crippen molar-refractivity contribution < 1.29 is 19.5 Å². The smallest absolute Gasteiger partial charge is 0.326 e. The van der Waals surface area contributed by atoms with Gasteiger partial charge in [0.15, 0.2) is 0 Å². The van der Waals surface area contributed by atoms with Crippen molar-refractivity contribution in [3.8, 4) is 0 Å². The third kappa shape index (κ3) is 8.01. The molecule has 0 saturated heterocycles. The lowest BCUT2D eigenvalue weighted by Gasteiger charge is -2.27. The molecule has 0 aliphatic rings. The molecule has 0 aliphatic heterocycles. The first-order valence-corrected chi connectivity index (χ1v) is 6.27. The molecule has 0 heterocycles. The van der Waals surface area contributed by atoms with Crippen LogP contribution in [0.5, 0.6) is 0 Å². The van der Waals surface area contributed by atoms with Gasteiger partial charge >= 0.3 is 12.0 Å². The summed E-state index contributed by atoms with van der Waals surface area (Å²) in [6, 6.07) is -1.68. The SMILES string of the molecule is CCCC(C)(C)NC(=O)NC(CCC(N)=O)C(=O)O. The van der Waals surface area contributed by atoms with Crippen molar-refractivity contribution in [2.45, 2.75) is 58.0 Å². The lowest BCUT2D eigenvalue weighted by atomic mass is 9.99. The number of carbonyl (C=O) groups excluding carboxylic acids is 2. The highest BCUT2D eigenvalue weighted by Gasteiger charge is 2.24. The Labute approximate surface area is 112 Å². The summed E-state index contributed by atoms with van der Waals surface area (Å²) in [5, 5.41) is 14.0. The Kier molecular flexibility index (Phi) is 6.89. The zero-order chi connectivity index (χ0) is 15.1. The Bertz CT molecular complexity index is 342. The van der Waals surface area contributed by atoms with Crippen LogP contribution in [0.15, 0.2) is 0 Å². The number of amides is 3. The minimum absolute atomic E-state index is 0.0215. The summed E-state index contributed by atoms with van der Waals surface area (Å²) in [7, 11) is 0. The molecule has 0 radical (unpaired) electrons. The van der Waals surface area contributed by atoms with Crippen molar-refractivity contribution in [3.63, 3.8) is 0 Å². The van der Waals surface area contributed by atoms with Gasteiger partial charge in [-0.05, 0) is 26.7 Å². The predicted molar refractivity (Wildman–Crippen MR) is 70.5 cm³/mol. The standard InChI is InChI=1S/C12H23N3O4/c1-4-7-12(2,3)15-11(19)14-8(10(17)18)5-6-9(13)16/h8H,4-7H2,1-3H3,(H2,13,16)(H,17,18)(H2,14,15,19). The van der Waals surface area contributed by atoms with Crippen LogP contribution in [-0.2, 0) is 9.59 Å². The zero-order valence-corrected chi connectivity index (χ0v) is 11.7. The molecule has 0 aromatic rings. The summed E-state index contributed by atoms with van der Waals surface area (Å²) in [4.78, 5) is 33.3. The van der Waals surface area contributed by atoms with Gasteiger partial charge in [0.1, 0.15) is 6.04 Å². The fourth-order valence-electron chi connectivity index (χ4n) is 1.73. The summed E-state index contributed by atoms with van der Waals surface area (Å²) in [6.45, 7) is 5.71. The Morgan fingerprint density at radius 1 is 1.32 bits per heavy atom. The lowest BCUT2D eigenvalue weighted by Crippen LogP contribution is -2.52. The molecule has 1 unspecified atom stereocenters. The van der Waals surface area contributed by atoms with Gasteiger partial charge in [-0.2, -0.15) is 0 Å². The average Bonchev–Trinajstić information content (AvgIpc) is 2.22. The maximum Gasteiger partial charge on any atom is 0.326 e. The predicted octanol–water partition coefficient (Wildman–Crippen LogP) is 0.583. The number of carboxylic acids is 1. The second-order valence-electron chi connectivity index (χ2n) is 5.13. The van der Waals surface area contributed by atoms with Crippen molar-refractivity contribution in [2.75, 3.05) is 0 Å². The highest BCUT2D eigenvalue weighted by molar-refractivity contribution is 5.83. The van der Waals surface area contributed by atoms with E-state index in [1.54, 1.807) is 0 Å². The molecule has 0 fully saturated rings. The Balaban J connectivity index is 4.39. The minimum Gasteiger partial charge on any atom is -0.480 e. The normalized spacial score (nSPS) is 12.6. The fraction of sp³-hybridized carbons (Fsp3) is 0.750. The van der Waals surface area contributed by atoms with Crippen LogP contribution in [-0.4, -0.2) is 34.6 Å². The first-order chi connectivity index (χ1) is 8.68. The number of hydrogen-bond donors (Lipinski definition) is 4. The van der Waals surface area contributed by atoms with E-state index in [9.17, 15) is 14.4 Å². The number of carbonyl (C=O) groups is 3. The van der Waals surface area contributed by atoms with Gasteiger partial charge in [0.05, 0.1) is 0 Å². The molecule has 5 N–H and O–H groups in total. The molecule has 0 aromatic heterocycles. The fourth-order valence-corrected chi connectivity index (χ4v) is 1.73. The van der Waals surface area contributed by atoms with Gasteiger partial charge in [0.25, 0.3) is 0 Å². The minimum atomic E-state index is -1.19. The van der Waals surface area contributed by atoms with E-state index in [-0.39, 0.29) is 12.8 Å². The zero-order valence-electron chi connectivity index (χ0n) is 11.7. The first kappa shape index (κ1) is 17.2. The van der Waals surface area contributed by atoms with Crippen molar-refractivity contribution in [1.29, 1.82) is 0 Å². The second-order valence-corrected chi connectivity index (χ2v) is 5.13. The van der Waals surface area contributed by atoms with Crippen LogP contribution in [0.25, 0.3) is 0 Å². The van der Waals surface area contributed by atoms with E-state index >= 15 is 0 Å². The summed E-state index contributed by atoms with van der Waals surface area (Å²) in [5.74, 6) is -1.79. The van der Waals surface area contributed by atoms with E-state index in [1.807, 2.05) is 20.8 Å². The van der Waals surface area contributed by atoms with Gasteiger partial charge in [-0.1, -0.05) is 13.3 Å². The molecule has 110 valence electrons.